The molecule has 19 heavy (non-hydrogen) atoms. The smallest absolute Gasteiger partial charge is 0.244 e. The summed E-state index contributed by atoms with van der Waals surface area (Å²) in [5.41, 5.74) is 7.39. The lowest BCUT2D eigenvalue weighted by atomic mass is 10.2. The largest absolute Gasteiger partial charge is 0.489 e. The molecule has 1 fully saturated rings. The van der Waals surface area contributed by atoms with Gasteiger partial charge >= 0.3 is 0 Å². The number of likely N-dealkylation sites (N-methyl/N-ethyl adjacent to an activating group) is 1. The highest BCUT2D eigenvalue weighted by atomic mass is 16.5. The van der Waals surface area contributed by atoms with Crippen LogP contribution in [0.1, 0.15) is 20.3 Å². The van der Waals surface area contributed by atoms with Gasteiger partial charge in [-0.05, 0) is 32.4 Å². The molecule has 1 aliphatic heterocycles. The van der Waals surface area contributed by atoms with E-state index in [2.05, 4.69) is 5.32 Å². The molecule has 0 saturated carbocycles. The lowest BCUT2D eigenvalue weighted by Crippen LogP contribution is -2.31. The van der Waals surface area contributed by atoms with Crippen molar-refractivity contribution in [1.29, 1.82) is 0 Å². The molecule has 5 nitrogen and oxygen atoms in total. The van der Waals surface area contributed by atoms with Gasteiger partial charge in [-0.2, -0.15) is 0 Å². The molecule has 0 bridgehead atoms. The second-order valence-corrected chi connectivity index (χ2v) is 5.13. The first kappa shape index (κ1) is 13.5. The number of nitrogen functional groups attached to an aromatic ring is 1. The number of carbonyl (C=O) groups excluding carboxylic acids is 1. The lowest BCUT2D eigenvalue weighted by molar-refractivity contribution is -0.127. The first-order chi connectivity index (χ1) is 8.99. The molecule has 1 saturated heterocycles. The van der Waals surface area contributed by atoms with Crippen molar-refractivity contribution in [2.75, 3.05) is 24.6 Å². The van der Waals surface area contributed by atoms with Gasteiger partial charge in [-0.3, -0.25) is 4.79 Å². The predicted octanol–water partition coefficient (Wildman–Crippen LogP) is 1.70. The van der Waals surface area contributed by atoms with Crippen LogP contribution in [0.3, 0.4) is 0 Å². The molecule has 3 N–H and O–H groups in total. The minimum absolute atomic E-state index is 0.0665. The van der Waals surface area contributed by atoms with Gasteiger partial charge in [0, 0.05) is 13.6 Å². The number of nitrogens with one attached hydrogen (secondary N) is 1. The number of rotatable bonds is 4. The highest BCUT2D eigenvalue weighted by Gasteiger charge is 2.29. The van der Waals surface area contributed by atoms with Gasteiger partial charge in [-0.15, -0.1) is 0 Å². The fourth-order valence-electron chi connectivity index (χ4n) is 2.17. The van der Waals surface area contributed by atoms with Gasteiger partial charge in [0.25, 0.3) is 0 Å². The van der Waals surface area contributed by atoms with E-state index >= 15 is 0 Å². The second kappa shape index (κ2) is 5.38. The summed E-state index contributed by atoms with van der Waals surface area (Å²) in [7, 11) is 1.81. The first-order valence-electron chi connectivity index (χ1n) is 6.55. The molecule has 0 radical (unpaired) electrons. The molecular weight excluding hydrogens is 242 g/mol. The molecule has 1 unspecified atom stereocenters. The summed E-state index contributed by atoms with van der Waals surface area (Å²) in [6, 6.07) is 5.39. The Bertz CT molecular complexity index is 474. The average Bonchev–Trinajstić information content (AvgIpc) is 2.65. The van der Waals surface area contributed by atoms with Crippen LogP contribution in [0.2, 0.25) is 0 Å². The maximum Gasteiger partial charge on any atom is 0.244 e. The van der Waals surface area contributed by atoms with Crippen LogP contribution >= 0.6 is 0 Å². The molecule has 0 spiro atoms. The topological polar surface area (TPSA) is 67.6 Å². The molecule has 0 aliphatic carbocycles. The number of nitrogens with two attached hydrogens (primary N) is 1. The number of hydrogen-bond donors (Lipinski definition) is 2. The molecule has 5 heteroatoms. The van der Waals surface area contributed by atoms with Crippen LogP contribution in [0.25, 0.3) is 0 Å². The van der Waals surface area contributed by atoms with Gasteiger partial charge in [0.05, 0.1) is 17.5 Å². The summed E-state index contributed by atoms with van der Waals surface area (Å²) >= 11 is 0. The van der Waals surface area contributed by atoms with E-state index < -0.39 is 0 Å². The van der Waals surface area contributed by atoms with E-state index in [1.165, 1.54) is 0 Å². The number of anilines is 2. The average molecular weight is 263 g/mol. The van der Waals surface area contributed by atoms with Crippen molar-refractivity contribution in [2.45, 2.75) is 32.4 Å². The van der Waals surface area contributed by atoms with E-state index in [9.17, 15) is 4.79 Å². The Balaban J connectivity index is 2.15. The third kappa shape index (κ3) is 2.92. The summed E-state index contributed by atoms with van der Waals surface area (Å²) < 4.78 is 5.64. The molecule has 1 aromatic carbocycles. The number of ether oxygens (including phenoxy) is 1. The molecule has 1 heterocycles. The van der Waals surface area contributed by atoms with Gasteiger partial charge in [0.1, 0.15) is 11.8 Å². The number of nitrogens with zero attached hydrogens (tertiary/aromatic N) is 1. The summed E-state index contributed by atoms with van der Waals surface area (Å²) in [6.45, 7) is 4.68. The van der Waals surface area contributed by atoms with Gasteiger partial charge in [-0.25, -0.2) is 0 Å². The number of carbonyl (C=O) groups is 1. The minimum atomic E-state index is -0.193. The fourth-order valence-corrected chi connectivity index (χ4v) is 2.17. The minimum Gasteiger partial charge on any atom is -0.489 e. The Morgan fingerprint density at radius 3 is 2.79 bits per heavy atom. The SMILES string of the molecule is CC(C)Oc1cccc(NC2CCN(C)C2=O)c1N. The van der Waals surface area contributed by atoms with Crippen LogP contribution in [-0.4, -0.2) is 36.5 Å². The first-order valence-corrected chi connectivity index (χ1v) is 6.55. The van der Waals surface area contributed by atoms with Crippen molar-refractivity contribution in [3.05, 3.63) is 18.2 Å². The molecule has 1 aromatic rings. The van der Waals surface area contributed by atoms with Gasteiger partial charge in [-0.1, -0.05) is 6.07 Å². The lowest BCUT2D eigenvalue weighted by Gasteiger charge is -2.18. The third-order valence-electron chi connectivity index (χ3n) is 3.19. The molecule has 1 aliphatic rings. The highest BCUT2D eigenvalue weighted by molar-refractivity contribution is 5.88. The van der Waals surface area contributed by atoms with Crippen molar-refractivity contribution in [2.24, 2.45) is 0 Å². The number of amides is 1. The summed E-state index contributed by atoms with van der Waals surface area (Å²) in [6.07, 6.45) is 0.862. The number of benzene rings is 1. The second-order valence-electron chi connectivity index (χ2n) is 5.13. The molecule has 1 atom stereocenters. The molecule has 104 valence electrons. The van der Waals surface area contributed by atoms with Gasteiger partial charge < -0.3 is 20.7 Å². The summed E-state index contributed by atoms with van der Waals surface area (Å²) in [5, 5.41) is 3.21. The van der Waals surface area contributed by atoms with Crippen LogP contribution in [0.5, 0.6) is 5.75 Å². The van der Waals surface area contributed by atoms with E-state index in [1.54, 1.807) is 4.90 Å². The van der Waals surface area contributed by atoms with Crippen molar-refractivity contribution >= 4 is 17.3 Å². The molecule has 1 amide bonds. The number of likely N-dealkylation sites (tertiary alicyclic amines) is 1. The standard InChI is InChI=1S/C14H21N3O2/c1-9(2)19-12-6-4-5-10(13(12)15)16-11-7-8-17(3)14(11)18/h4-6,9,11,16H,7-8,15H2,1-3H3. The van der Waals surface area contributed by atoms with Crippen molar-refractivity contribution in [1.82, 2.24) is 4.90 Å². The summed E-state index contributed by atoms with van der Waals surface area (Å²) in [5.74, 6) is 0.758. The zero-order chi connectivity index (χ0) is 14.0. The zero-order valence-electron chi connectivity index (χ0n) is 11.6. The van der Waals surface area contributed by atoms with Crippen molar-refractivity contribution < 1.29 is 9.53 Å². The van der Waals surface area contributed by atoms with E-state index in [0.29, 0.717) is 11.4 Å². The molecule has 2 rings (SSSR count). The maximum atomic E-state index is 11.9. The van der Waals surface area contributed by atoms with E-state index in [0.717, 1.165) is 18.7 Å². The van der Waals surface area contributed by atoms with E-state index in [-0.39, 0.29) is 18.1 Å². The van der Waals surface area contributed by atoms with Crippen LogP contribution in [0, 0.1) is 0 Å². The normalized spacial score (nSPS) is 19.1. The Morgan fingerprint density at radius 1 is 1.47 bits per heavy atom. The van der Waals surface area contributed by atoms with Crippen LogP contribution in [-0.2, 0) is 4.79 Å². The third-order valence-corrected chi connectivity index (χ3v) is 3.19. The highest BCUT2D eigenvalue weighted by Crippen LogP contribution is 2.31. The Labute approximate surface area is 113 Å². The Hall–Kier alpha value is -1.91. The number of para-hydroxylation sites is 1. The predicted molar refractivity (Wildman–Crippen MR) is 76.3 cm³/mol. The van der Waals surface area contributed by atoms with Gasteiger partial charge in [0.15, 0.2) is 0 Å². The van der Waals surface area contributed by atoms with Crippen LogP contribution in [0.4, 0.5) is 11.4 Å². The van der Waals surface area contributed by atoms with Crippen LogP contribution < -0.4 is 15.8 Å². The zero-order valence-corrected chi connectivity index (χ0v) is 11.6. The van der Waals surface area contributed by atoms with Crippen molar-refractivity contribution in [3.63, 3.8) is 0 Å². The van der Waals surface area contributed by atoms with E-state index in [4.69, 9.17) is 10.5 Å². The number of hydrogen-bond acceptors (Lipinski definition) is 4. The Kier molecular flexibility index (Phi) is 3.83. The van der Waals surface area contributed by atoms with Crippen molar-refractivity contribution in [3.8, 4) is 5.75 Å². The Morgan fingerprint density at radius 2 is 2.21 bits per heavy atom. The van der Waals surface area contributed by atoms with Gasteiger partial charge in [0.2, 0.25) is 5.91 Å². The maximum absolute atomic E-state index is 11.9. The quantitative estimate of drug-likeness (QED) is 0.811. The monoisotopic (exact) mass is 263 g/mol. The fraction of sp³-hybridized carbons (Fsp3) is 0.500. The molecular formula is C14H21N3O2. The summed E-state index contributed by atoms with van der Waals surface area (Å²) in [4.78, 5) is 13.6. The van der Waals surface area contributed by atoms with E-state index in [1.807, 2.05) is 39.1 Å². The van der Waals surface area contributed by atoms with Crippen LogP contribution in [0.15, 0.2) is 18.2 Å². The molecule has 0 aromatic heterocycles.